The van der Waals surface area contributed by atoms with Crippen LogP contribution in [0.1, 0.15) is 26.2 Å². The number of Topliss-reactive ketones (excluding diaryl/α,β-unsaturated/α-hetero) is 1. The second-order valence-corrected chi connectivity index (χ2v) is 4.20. The van der Waals surface area contributed by atoms with Crippen LogP contribution in [-0.4, -0.2) is 29.9 Å². The van der Waals surface area contributed by atoms with Gasteiger partial charge in [-0.2, -0.15) is 0 Å². The molecule has 0 aromatic rings. The van der Waals surface area contributed by atoms with Crippen molar-refractivity contribution in [1.29, 1.82) is 0 Å². The molecule has 1 aliphatic rings. The van der Waals surface area contributed by atoms with E-state index in [4.69, 9.17) is 5.11 Å². The van der Waals surface area contributed by atoms with Crippen LogP contribution in [0, 0.1) is 17.8 Å². The Morgan fingerprint density at radius 3 is 2.25 bits per heavy atom. The number of carboxylic acids is 1. The van der Waals surface area contributed by atoms with E-state index in [2.05, 4.69) is 4.74 Å². The van der Waals surface area contributed by atoms with E-state index in [1.807, 2.05) is 0 Å². The van der Waals surface area contributed by atoms with E-state index in [0.29, 0.717) is 19.3 Å². The Kier molecular flexibility index (Phi) is 4.04. The van der Waals surface area contributed by atoms with Crippen LogP contribution in [0.25, 0.3) is 0 Å². The summed E-state index contributed by atoms with van der Waals surface area (Å²) in [5, 5.41) is 8.99. The highest BCUT2D eigenvalue weighted by atomic mass is 16.5. The second-order valence-electron chi connectivity index (χ2n) is 4.20. The number of aliphatic carboxylic acids is 1. The van der Waals surface area contributed by atoms with Crippen LogP contribution in [0.15, 0.2) is 0 Å². The number of rotatable bonds is 3. The number of methoxy groups -OCH3 is 1. The molecule has 1 fully saturated rings. The molecule has 0 heterocycles. The van der Waals surface area contributed by atoms with Crippen LogP contribution in [0.2, 0.25) is 0 Å². The first-order chi connectivity index (χ1) is 7.47. The Hall–Kier alpha value is -1.39. The Morgan fingerprint density at radius 1 is 1.19 bits per heavy atom. The highest BCUT2D eigenvalue weighted by Crippen LogP contribution is 2.35. The number of carbonyl (C=O) groups is 3. The highest BCUT2D eigenvalue weighted by molar-refractivity contribution is 5.84. The lowest BCUT2D eigenvalue weighted by atomic mass is 9.73. The number of ketones is 1. The molecule has 0 spiro atoms. The third-order valence-corrected chi connectivity index (χ3v) is 3.25. The van der Waals surface area contributed by atoms with Crippen molar-refractivity contribution >= 4 is 17.7 Å². The Labute approximate surface area is 93.8 Å². The molecule has 1 N–H and O–H groups in total. The normalized spacial score (nSPS) is 29.5. The van der Waals surface area contributed by atoms with Gasteiger partial charge >= 0.3 is 11.9 Å². The van der Waals surface area contributed by atoms with Crippen molar-refractivity contribution in [2.45, 2.75) is 26.2 Å². The van der Waals surface area contributed by atoms with E-state index in [0.717, 1.165) is 0 Å². The second kappa shape index (κ2) is 5.09. The summed E-state index contributed by atoms with van der Waals surface area (Å²) >= 11 is 0. The number of esters is 1. The molecule has 0 aliphatic heterocycles. The molecule has 5 nitrogen and oxygen atoms in total. The van der Waals surface area contributed by atoms with Gasteiger partial charge < -0.3 is 9.84 Å². The van der Waals surface area contributed by atoms with Crippen LogP contribution >= 0.6 is 0 Å². The van der Waals surface area contributed by atoms with E-state index >= 15 is 0 Å². The molecular formula is C11H16O5. The maximum Gasteiger partial charge on any atom is 0.309 e. The smallest absolute Gasteiger partial charge is 0.309 e. The molecule has 0 aromatic carbocycles. The molecule has 0 radical (unpaired) electrons. The van der Waals surface area contributed by atoms with Gasteiger partial charge in [-0.15, -0.1) is 0 Å². The summed E-state index contributed by atoms with van der Waals surface area (Å²) in [4.78, 5) is 33.7. The summed E-state index contributed by atoms with van der Waals surface area (Å²) in [5.41, 5.74) is 0. The van der Waals surface area contributed by atoms with Crippen molar-refractivity contribution in [3.05, 3.63) is 0 Å². The van der Waals surface area contributed by atoms with Gasteiger partial charge in [-0.1, -0.05) is 0 Å². The minimum Gasteiger partial charge on any atom is -0.481 e. The monoisotopic (exact) mass is 228 g/mol. The summed E-state index contributed by atoms with van der Waals surface area (Å²) in [7, 11) is 1.23. The van der Waals surface area contributed by atoms with Gasteiger partial charge in [0.2, 0.25) is 0 Å². The van der Waals surface area contributed by atoms with E-state index in [1.165, 1.54) is 14.0 Å². The fourth-order valence-electron chi connectivity index (χ4n) is 2.25. The van der Waals surface area contributed by atoms with Crippen LogP contribution < -0.4 is 0 Å². The topological polar surface area (TPSA) is 80.7 Å². The van der Waals surface area contributed by atoms with Crippen molar-refractivity contribution in [2.75, 3.05) is 7.11 Å². The van der Waals surface area contributed by atoms with Crippen molar-refractivity contribution in [2.24, 2.45) is 17.8 Å². The quantitative estimate of drug-likeness (QED) is 0.725. The molecular weight excluding hydrogens is 212 g/mol. The van der Waals surface area contributed by atoms with Crippen LogP contribution in [-0.2, 0) is 19.1 Å². The van der Waals surface area contributed by atoms with Gasteiger partial charge in [-0.25, -0.2) is 0 Å². The zero-order valence-electron chi connectivity index (χ0n) is 9.43. The summed E-state index contributed by atoms with van der Waals surface area (Å²) in [6, 6.07) is 0. The van der Waals surface area contributed by atoms with E-state index in [-0.39, 0.29) is 11.7 Å². The summed E-state index contributed by atoms with van der Waals surface area (Å²) in [6.07, 6.45) is 1.19. The predicted octanol–water partition coefficient (Wildman–Crippen LogP) is 0.865. The van der Waals surface area contributed by atoms with Crippen molar-refractivity contribution in [3.63, 3.8) is 0 Å². The molecule has 5 heteroatoms. The summed E-state index contributed by atoms with van der Waals surface area (Å²) in [5.74, 6) is -3.12. The largest absolute Gasteiger partial charge is 0.481 e. The zero-order valence-corrected chi connectivity index (χ0v) is 9.43. The molecule has 0 saturated heterocycles. The molecule has 1 rings (SSSR count). The lowest BCUT2D eigenvalue weighted by molar-refractivity contribution is -0.159. The maximum absolute atomic E-state index is 11.5. The Balaban J connectivity index is 2.81. The first kappa shape index (κ1) is 12.7. The van der Waals surface area contributed by atoms with E-state index < -0.39 is 23.8 Å². The molecule has 16 heavy (non-hydrogen) atoms. The van der Waals surface area contributed by atoms with Crippen LogP contribution in [0.3, 0.4) is 0 Å². The van der Waals surface area contributed by atoms with Gasteiger partial charge in [0.25, 0.3) is 0 Å². The number of hydrogen-bond donors (Lipinski definition) is 1. The fraction of sp³-hybridized carbons (Fsp3) is 0.727. The predicted molar refractivity (Wildman–Crippen MR) is 54.7 cm³/mol. The molecule has 3 atom stereocenters. The number of carboxylic acid groups (broad SMARTS) is 1. The van der Waals surface area contributed by atoms with E-state index in [1.54, 1.807) is 0 Å². The van der Waals surface area contributed by atoms with Gasteiger partial charge in [0.05, 0.1) is 18.9 Å². The third-order valence-electron chi connectivity index (χ3n) is 3.25. The minimum atomic E-state index is -0.989. The van der Waals surface area contributed by atoms with Gasteiger partial charge in [0.15, 0.2) is 0 Å². The standard InChI is InChI=1S/C11H16O5/c1-6(12)7-3-4-8(10(13)14)9(5-7)11(15)16-2/h7-9H,3-5H2,1-2H3,(H,13,14). The minimum absolute atomic E-state index is 0.0118. The van der Waals surface area contributed by atoms with E-state index in [9.17, 15) is 14.4 Å². The zero-order chi connectivity index (χ0) is 12.3. The lowest BCUT2D eigenvalue weighted by Gasteiger charge is -2.30. The van der Waals surface area contributed by atoms with Crippen molar-refractivity contribution in [3.8, 4) is 0 Å². The van der Waals surface area contributed by atoms with Gasteiger partial charge in [-0.05, 0) is 26.2 Å². The third kappa shape index (κ3) is 2.59. The molecule has 1 saturated carbocycles. The number of ether oxygens (including phenoxy) is 1. The van der Waals surface area contributed by atoms with Gasteiger partial charge in [-0.3, -0.25) is 14.4 Å². The number of carbonyl (C=O) groups excluding carboxylic acids is 2. The molecule has 90 valence electrons. The average Bonchev–Trinajstić information content (AvgIpc) is 2.26. The molecule has 0 amide bonds. The highest BCUT2D eigenvalue weighted by Gasteiger charge is 2.41. The maximum atomic E-state index is 11.5. The molecule has 1 aliphatic carbocycles. The van der Waals surface area contributed by atoms with Crippen LogP contribution in [0.5, 0.6) is 0 Å². The first-order valence-electron chi connectivity index (χ1n) is 5.28. The fourth-order valence-corrected chi connectivity index (χ4v) is 2.25. The van der Waals surface area contributed by atoms with Crippen LogP contribution in [0.4, 0.5) is 0 Å². The SMILES string of the molecule is COC(=O)C1CC(C(C)=O)CCC1C(=O)O. The summed E-state index contributed by atoms with van der Waals surface area (Å²) in [6.45, 7) is 1.47. The van der Waals surface area contributed by atoms with Crippen molar-refractivity contribution in [1.82, 2.24) is 0 Å². The molecule has 3 unspecified atom stereocenters. The molecule has 0 bridgehead atoms. The first-order valence-corrected chi connectivity index (χ1v) is 5.28. The average molecular weight is 228 g/mol. The van der Waals surface area contributed by atoms with Crippen molar-refractivity contribution < 1.29 is 24.2 Å². The Bertz CT molecular complexity index is 309. The number of hydrogen-bond acceptors (Lipinski definition) is 4. The van der Waals surface area contributed by atoms with Gasteiger partial charge in [0.1, 0.15) is 5.78 Å². The Morgan fingerprint density at radius 2 is 1.81 bits per heavy atom. The lowest BCUT2D eigenvalue weighted by Crippen LogP contribution is -2.37. The molecule has 0 aromatic heterocycles. The van der Waals surface area contributed by atoms with Gasteiger partial charge in [0, 0.05) is 5.92 Å². The summed E-state index contributed by atoms with van der Waals surface area (Å²) < 4.78 is 4.58.